The van der Waals surface area contributed by atoms with E-state index in [1.54, 1.807) is 18.1 Å². The lowest BCUT2D eigenvalue weighted by Crippen LogP contribution is -2.32. The van der Waals surface area contributed by atoms with Gasteiger partial charge in [0.05, 0.1) is 36.4 Å². The number of fused-ring (bicyclic) bond motifs is 1. The average molecular weight is 526 g/mol. The molecule has 1 fully saturated rings. The van der Waals surface area contributed by atoms with Gasteiger partial charge in [-0.05, 0) is 53.7 Å². The second-order valence-electron chi connectivity index (χ2n) is 8.71. The SMILES string of the molecule is COCCN1C(=O)/C(=C/c2cn(Cc3cccc(C(=O)OC)c3)c3ccccc23)SC1=Nc1ccccc1. The summed E-state index contributed by atoms with van der Waals surface area (Å²) in [5, 5.41) is 1.67. The fourth-order valence-corrected chi connectivity index (χ4v) is 5.37. The van der Waals surface area contributed by atoms with E-state index >= 15 is 0 Å². The Balaban J connectivity index is 1.50. The molecule has 2 heterocycles. The third-order valence-corrected chi connectivity index (χ3v) is 7.20. The Morgan fingerprint density at radius 3 is 2.58 bits per heavy atom. The molecule has 0 N–H and O–H groups in total. The predicted molar refractivity (Wildman–Crippen MR) is 152 cm³/mol. The van der Waals surface area contributed by atoms with Crippen LogP contribution in [0.5, 0.6) is 0 Å². The summed E-state index contributed by atoms with van der Waals surface area (Å²) in [5.41, 5.74) is 4.25. The van der Waals surface area contributed by atoms with Gasteiger partial charge in [-0.25, -0.2) is 9.79 Å². The number of carbonyl (C=O) groups excluding carboxylic acids is 2. The average Bonchev–Trinajstić information content (AvgIpc) is 3.44. The zero-order valence-electron chi connectivity index (χ0n) is 21.2. The smallest absolute Gasteiger partial charge is 0.337 e. The summed E-state index contributed by atoms with van der Waals surface area (Å²) < 4.78 is 12.2. The molecule has 1 aromatic heterocycles. The number of nitrogens with zero attached hydrogens (tertiary/aromatic N) is 3. The summed E-state index contributed by atoms with van der Waals surface area (Å²) >= 11 is 1.37. The molecule has 4 aromatic rings. The highest BCUT2D eigenvalue weighted by molar-refractivity contribution is 8.18. The van der Waals surface area contributed by atoms with Crippen molar-refractivity contribution in [3.8, 4) is 0 Å². The molecule has 0 aliphatic carbocycles. The number of benzene rings is 3. The Hall–Kier alpha value is -4.14. The van der Waals surface area contributed by atoms with Gasteiger partial charge in [0.25, 0.3) is 5.91 Å². The molecule has 7 nitrogen and oxygen atoms in total. The molecule has 38 heavy (non-hydrogen) atoms. The van der Waals surface area contributed by atoms with Gasteiger partial charge >= 0.3 is 5.97 Å². The quantitative estimate of drug-likeness (QED) is 0.217. The van der Waals surface area contributed by atoms with Crippen LogP contribution in [0.15, 0.2) is 95.0 Å². The van der Waals surface area contributed by atoms with Crippen LogP contribution in [0.2, 0.25) is 0 Å². The van der Waals surface area contributed by atoms with Crippen LogP contribution >= 0.6 is 11.8 Å². The lowest BCUT2D eigenvalue weighted by Gasteiger charge is -2.14. The van der Waals surface area contributed by atoms with Crippen molar-refractivity contribution in [3.05, 3.63) is 107 Å². The molecule has 5 rings (SSSR count). The maximum atomic E-state index is 13.4. The topological polar surface area (TPSA) is 73.1 Å². The van der Waals surface area contributed by atoms with Crippen LogP contribution in [0.1, 0.15) is 21.5 Å². The number of hydrogen-bond donors (Lipinski definition) is 0. The number of hydrogen-bond acceptors (Lipinski definition) is 6. The number of aromatic nitrogens is 1. The van der Waals surface area contributed by atoms with Crippen molar-refractivity contribution in [3.63, 3.8) is 0 Å². The zero-order valence-corrected chi connectivity index (χ0v) is 22.0. The minimum Gasteiger partial charge on any atom is -0.465 e. The van der Waals surface area contributed by atoms with E-state index in [2.05, 4.69) is 16.7 Å². The fourth-order valence-electron chi connectivity index (χ4n) is 4.36. The summed E-state index contributed by atoms with van der Waals surface area (Å²) in [4.78, 5) is 32.4. The number of carbonyl (C=O) groups is 2. The Kier molecular flexibility index (Phi) is 7.72. The molecule has 3 aromatic carbocycles. The van der Waals surface area contributed by atoms with Crippen LogP contribution in [0, 0.1) is 0 Å². The van der Waals surface area contributed by atoms with Gasteiger partial charge < -0.3 is 14.0 Å². The van der Waals surface area contributed by atoms with Crippen molar-refractivity contribution in [1.29, 1.82) is 0 Å². The minimum absolute atomic E-state index is 0.0932. The lowest BCUT2D eigenvalue weighted by atomic mass is 10.1. The molecular formula is C30H27N3O4S. The van der Waals surface area contributed by atoms with Gasteiger partial charge in [0.2, 0.25) is 0 Å². The molecule has 1 saturated heterocycles. The first-order valence-electron chi connectivity index (χ1n) is 12.2. The van der Waals surface area contributed by atoms with Gasteiger partial charge in [-0.2, -0.15) is 0 Å². The van der Waals surface area contributed by atoms with Crippen molar-refractivity contribution in [2.75, 3.05) is 27.4 Å². The minimum atomic E-state index is -0.364. The summed E-state index contributed by atoms with van der Waals surface area (Å²) in [6.45, 7) is 1.40. The van der Waals surface area contributed by atoms with Crippen molar-refractivity contribution in [1.82, 2.24) is 9.47 Å². The fraction of sp³-hybridized carbons (Fsp3) is 0.167. The van der Waals surface area contributed by atoms with E-state index in [0.29, 0.717) is 35.3 Å². The second kappa shape index (κ2) is 11.5. The van der Waals surface area contributed by atoms with Crippen LogP contribution in [0.25, 0.3) is 17.0 Å². The maximum Gasteiger partial charge on any atom is 0.337 e. The first-order chi connectivity index (χ1) is 18.6. The second-order valence-corrected chi connectivity index (χ2v) is 9.72. The normalized spacial score (nSPS) is 15.6. The Morgan fingerprint density at radius 1 is 1.00 bits per heavy atom. The van der Waals surface area contributed by atoms with Crippen molar-refractivity contribution in [2.45, 2.75) is 6.54 Å². The van der Waals surface area contributed by atoms with Crippen molar-refractivity contribution in [2.24, 2.45) is 4.99 Å². The molecule has 1 amide bonds. The van der Waals surface area contributed by atoms with Gasteiger partial charge in [0.1, 0.15) is 0 Å². The van der Waals surface area contributed by atoms with Crippen LogP contribution in [0.4, 0.5) is 5.69 Å². The third-order valence-electron chi connectivity index (χ3n) is 6.20. The highest BCUT2D eigenvalue weighted by Crippen LogP contribution is 2.35. The van der Waals surface area contributed by atoms with Crippen molar-refractivity contribution >= 4 is 51.5 Å². The van der Waals surface area contributed by atoms with E-state index in [0.717, 1.165) is 27.7 Å². The monoisotopic (exact) mass is 525 g/mol. The van der Waals surface area contributed by atoms with Crippen LogP contribution in [0.3, 0.4) is 0 Å². The van der Waals surface area contributed by atoms with E-state index in [9.17, 15) is 9.59 Å². The zero-order chi connectivity index (χ0) is 26.5. The van der Waals surface area contributed by atoms with Gasteiger partial charge in [0.15, 0.2) is 5.17 Å². The first-order valence-corrected chi connectivity index (χ1v) is 13.0. The predicted octanol–water partition coefficient (Wildman–Crippen LogP) is 5.73. The van der Waals surface area contributed by atoms with Gasteiger partial charge in [-0.15, -0.1) is 0 Å². The van der Waals surface area contributed by atoms with Gasteiger partial charge in [-0.3, -0.25) is 9.69 Å². The number of esters is 1. The number of amidine groups is 1. The molecule has 0 unspecified atom stereocenters. The Morgan fingerprint density at radius 2 is 1.79 bits per heavy atom. The summed E-state index contributed by atoms with van der Waals surface area (Å²) in [6, 6.07) is 25.1. The van der Waals surface area contributed by atoms with Gasteiger partial charge in [-0.1, -0.05) is 48.5 Å². The number of amides is 1. The van der Waals surface area contributed by atoms with E-state index in [1.165, 1.54) is 18.9 Å². The molecule has 0 saturated carbocycles. The Bertz CT molecular complexity index is 1540. The molecule has 8 heteroatoms. The summed E-state index contributed by atoms with van der Waals surface area (Å²) in [5.74, 6) is -0.457. The standard InChI is InChI=1S/C30H27N3O4S/c1-36-16-15-33-28(34)27(38-30(33)31-24-11-4-3-5-12-24)18-23-20-32(26-14-7-6-13-25(23)26)19-21-9-8-10-22(17-21)29(35)37-2/h3-14,17-18,20H,15-16,19H2,1-2H3/b27-18-,31-30?. The van der Waals surface area contributed by atoms with E-state index in [4.69, 9.17) is 14.5 Å². The van der Waals surface area contributed by atoms with E-state index in [-0.39, 0.29) is 11.9 Å². The molecule has 0 bridgehead atoms. The highest BCUT2D eigenvalue weighted by atomic mass is 32.2. The molecule has 1 aliphatic rings. The van der Waals surface area contributed by atoms with E-state index in [1.807, 2.05) is 72.9 Å². The molecule has 0 spiro atoms. The summed E-state index contributed by atoms with van der Waals surface area (Å²) in [7, 11) is 3.00. The summed E-state index contributed by atoms with van der Waals surface area (Å²) in [6.07, 6.45) is 3.98. The van der Waals surface area contributed by atoms with Crippen LogP contribution in [-0.2, 0) is 20.8 Å². The Labute approximate surface area is 225 Å². The molecular weight excluding hydrogens is 498 g/mol. The van der Waals surface area contributed by atoms with Gasteiger partial charge in [0, 0.05) is 36.3 Å². The lowest BCUT2D eigenvalue weighted by molar-refractivity contribution is -0.122. The highest BCUT2D eigenvalue weighted by Gasteiger charge is 2.33. The van der Waals surface area contributed by atoms with Crippen LogP contribution in [-0.4, -0.2) is 53.9 Å². The molecule has 192 valence electrons. The van der Waals surface area contributed by atoms with E-state index < -0.39 is 0 Å². The maximum absolute atomic E-state index is 13.4. The largest absolute Gasteiger partial charge is 0.465 e. The number of thioether (sulfide) groups is 1. The number of ether oxygens (including phenoxy) is 2. The molecule has 0 radical (unpaired) electrons. The van der Waals surface area contributed by atoms with Crippen molar-refractivity contribution < 1.29 is 19.1 Å². The number of aliphatic imine (C=N–C) groups is 1. The third kappa shape index (κ3) is 5.41. The molecule has 1 aliphatic heterocycles. The number of methoxy groups -OCH3 is 2. The number of para-hydroxylation sites is 2. The first kappa shape index (κ1) is 25.5. The number of rotatable bonds is 8. The van der Waals surface area contributed by atoms with Crippen LogP contribution < -0.4 is 0 Å². The molecule has 0 atom stereocenters.